The first-order valence-corrected chi connectivity index (χ1v) is 4.13. The quantitative estimate of drug-likeness (QED) is 0.355. The number of hydrogen-bond donors (Lipinski definition) is 2. The van der Waals surface area contributed by atoms with Crippen molar-refractivity contribution < 1.29 is 23.1 Å². The number of amidine groups is 1. The third kappa shape index (κ3) is 2.36. The molecule has 3 N–H and O–H groups in total. The van der Waals surface area contributed by atoms with Gasteiger partial charge in [-0.1, -0.05) is 5.16 Å². The number of nitrogens with zero attached hydrogens (tertiary/aromatic N) is 1. The Morgan fingerprint density at radius 3 is 2.50 bits per heavy atom. The van der Waals surface area contributed by atoms with E-state index >= 15 is 0 Å². The molecule has 0 aliphatic rings. The minimum absolute atomic E-state index is 0.189. The van der Waals surface area contributed by atoms with Gasteiger partial charge in [-0.05, 0) is 18.2 Å². The summed E-state index contributed by atoms with van der Waals surface area (Å²) < 4.78 is 42.4. The molecule has 0 spiro atoms. The van der Waals surface area contributed by atoms with Crippen molar-refractivity contribution in [1.82, 2.24) is 0 Å². The summed E-state index contributed by atoms with van der Waals surface area (Å²) in [4.78, 5) is 0. The highest BCUT2D eigenvalue weighted by atomic mass is 19.4. The van der Waals surface area contributed by atoms with Crippen LogP contribution >= 0.6 is 0 Å². The molecule has 16 heavy (non-hydrogen) atoms. The Kier molecular flexibility index (Phi) is 3.26. The molecule has 0 heterocycles. The maximum Gasteiger partial charge on any atom is 0.417 e. The Bertz CT molecular complexity index is 416. The van der Waals surface area contributed by atoms with E-state index in [1.165, 1.54) is 7.11 Å². The van der Waals surface area contributed by atoms with E-state index in [0.717, 1.165) is 18.2 Å². The minimum Gasteiger partial charge on any atom is -0.497 e. The highest BCUT2D eigenvalue weighted by molar-refractivity contribution is 5.99. The first-order chi connectivity index (χ1) is 7.40. The van der Waals surface area contributed by atoms with Crippen molar-refractivity contribution in [1.29, 1.82) is 0 Å². The minimum atomic E-state index is -4.57. The summed E-state index contributed by atoms with van der Waals surface area (Å²) in [6.07, 6.45) is -4.57. The van der Waals surface area contributed by atoms with E-state index in [4.69, 9.17) is 15.7 Å². The third-order valence-corrected chi connectivity index (χ3v) is 1.92. The molecule has 0 saturated heterocycles. The molecule has 0 aromatic heterocycles. The van der Waals surface area contributed by atoms with Crippen molar-refractivity contribution in [3.63, 3.8) is 0 Å². The second-order valence-electron chi connectivity index (χ2n) is 2.89. The predicted molar refractivity (Wildman–Crippen MR) is 50.5 cm³/mol. The molecule has 0 fully saturated rings. The molecule has 7 heteroatoms. The van der Waals surface area contributed by atoms with Gasteiger partial charge in [-0.2, -0.15) is 13.2 Å². The van der Waals surface area contributed by atoms with Gasteiger partial charge in [-0.3, -0.25) is 0 Å². The van der Waals surface area contributed by atoms with Gasteiger partial charge in [-0.25, -0.2) is 0 Å². The predicted octanol–water partition coefficient (Wildman–Crippen LogP) is 1.81. The van der Waals surface area contributed by atoms with Gasteiger partial charge in [0.05, 0.1) is 12.7 Å². The summed E-state index contributed by atoms with van der Waals surface area (Å²) in [7, 11) is 1.30. The number of nitrogens with two attached hydrogens (primary N) is 1. The van der Waals surface area contributed by atoms with E-state index < -0.39 is 23.1 Å². The maximum absolute atomic E-state index is 12.5. The second-order valence-corrected chi connectivity index (χ2v) is 2.89. The fraction of sp³-hybridized carbons (Fsp3) is 0.222. The normalized spacial score (nSPS) is 12.6. The van der Waals surface area contributed by atoms with Crippen LogP contribution in [0.25, 0.3) is 0 Å². The van der Waals surface area contributed by atoms with Crippen LogP contribution < -0.4 is 10.5 Å². The Balaban J connectivity index is 3.39. The Labute approximate surface area is 89.1 Å². The van der Waals surface area contributed by atoms with Gasteiger partial charge in [0.1, 0.15) is 5.75 Å². The summed E-state index contributed by atoms with van der Waals surface area (Å²) in [5.74, 6) is -0.430. The topological polar surface area (TPSA) is 67.8 Å². The average Bonchev–Trinajstić information content (AvgIpc) is 2.25. The molecule has 88 valence electrons. The molecule has 0 aliphatic heterocycles. The molecule has 1 rings (SSSR count). The van der Waals surface area contributed by atoms with Crippen molar-refractivity contribution >= 4 is 5.84 Å². The molecular weight excluding hydrogens is 225 g/mol. The first kappa shape index (κ1) is 12.2. The lowest BCUT2D eigenvalue weighted by molar-refractivity contribution is -0.137. The molecule has 0 saturated carbocycles. The summed E-state index contributed by atoms with van der Waals surface area (Å²) in [6.45, 7) is 0. The highest BCUT2D eigenvalue weighted by Gasteiger charge is 2.34. The molecule has 0 atom stereocenters. The number of ether oxygens (including phenoxy) is 1. The zero-order valence-electron chi connectivity index (χ0n) is 8.25. The number of hydrogen-bond acceptors (Lipinski definition) is 3. The van der Waals surface area contributed by atoms with E-state index in [1.54, 1.807) is 0 Å². The van der Waals surface area contributed by atoms with Crippen LogP contribution in [-0.2, 0) is 6.18 Å². The van der Waals surface area contributed by atoms with Gasteiger partial charge in [0.2, 0.25) is 0 Å². The lowest BCUT2D eigenvalue weighted by Gasteiger charge is -2.12. The fourth-order valence-corrected chi connectivity index (χ4v) is 1.16. The SMILES string of the molecule is COc1ccc(C(F)(F)F)c(C(N)=NO)c1. The van der Waals surface area contributed by atoms with Crippen molar-refractivity contribution in [2.75, 3.05) is 7.11 Å². The number of rotatable bonds is 2. The summed E-state index contributed by atoms with van der Waals surface area (Å²) >= 11 is 0. The molecule has 0 aliphatic carbocycles. The molecule has 0 unspecified atom stereocenters. The zero-order valence-corrected chi connectivity index (χ0v) is 8.25. The molecular formula is C9H9F3N2O2. The van der Waals surface area contributed by atoms with Crippen molar-refractivity contribution in [2.24, 2.45) is 10.9 Å². The van der Waals surface area contributed by atoms with Crippen LogP contribution in [0.15, 0.2) is 23.4 Å². The Morgan fingerprint density at radius 2 is 2.06 bits per heavy atom. The monoisotopic (exact) mass is 234 g/mol. The highest BCUT2D eigenvalue weighted by Crippen LogP contribution is 2.33. The van der Waals surface area contributed by atoms with Crippen LogP contribution in [0.1, 0.15) is 11.1 Å². The molecule has 4 nitrogen and oxygen atoms in total. The molecule has 0 amide bonds. The maximum atomic E-state index is 12.5. The number of methoxy groups -OCH3 is 1. The standard InChI is InChI=1S/C9H9F3N2O2/c1-16-5-2-3-7(9(10,11)12)6(4-5)8(13)14-15/h2-4,15H,1H3,(H2,13,14). The number of alkyl halides is 3. The van der Waals surface area contributed by atoms with Crippen LogP contribution in [-0.4, -0.2) is 18.2 Å². The van der Waals surface area contributed by atoms with Crippen LogP contribution in [0.2, 0.25) is 0 Å². The molecule has 0 radical (unpaired) electrons. The Hall–Kier alpha value is -1.92. The van der Waals surface area contributed by atoms with Gasteiger partial charge < -0.3 is 15.7 Å². The van der Waals surface area contributed by atoms with Crippen molar-refractivity contribution in [2.45, 2.75) is 6.18 Å². The number of benzene rings is 1. The van der Waals surface area contributed by atoms with E-state index in [0.29, 0.717) is 0 Å². The van der Waals surface area contributed by atoms with Gasteiger partial charge in [0.15, 0.2) is 5.84 Å². The van der Waals surface area contributed by atoms with Crippen LogP contribution in [0.5, 0.6) is 5.75 Å². The van der Waals surface area contributed by atoms with Crippen LogP contribution in [0.3, 0.4) is 0 Å². The van der Waals surface area contributed by atoms with Gasteiger partial charge in [-0.15, -0.1) is 0 Å². The van der Waals surface area contributed by atoms with Gasteiger partial charge >= 0.3 is 6.18 Å². The smallest absolute Gasteiger partial charge is 0.417 e. The fourth-order valence-electron chi connectivity index (χ4n) is 1.16. The number of oxime groups is 1. The first-order valence-electron chi connectivity index (χ1n) is 4.13. The molecule has 1 aromatic rings. The molecule has 0 bridgehead atoms. The van der Waals surface area contributed by atoms with Crippen molar-refractivity contribution in [3.05, 3.63) is 29.3 Å². The lowest BCUT2D eigenvalue weighted by Crippen LogP contribution is -2.20. The van der Waals surface area contributed by atoms with Crippen molar-refractivity contribution in [3.8, 4) is 5.75 Å². The third-order valence-electron chi connectivity index (χ3n) is 1.92. The summed E-state index contributed by atoms with van der Waals surface area (Å²) in [5.41, 5.74) is 3.76. The largest absolute Gasteiger partial charge is 0.497 e. The second kappa shape index (κ2) is 4.30. The molecule has 1 aromatic carbocycles. The summed E-state index contributed by atoms with van der Waals surface area (Å²) in [6, 6.07) is 3.01. The summed E-state index contributed by atoms with van der Waals surface area (Å²) in [5, 5.41) is 10.9. The van der Waals surface area contributed by atoms with Crippen LogP contribution in [0.4, 0.5) is 13.2 Å². The van der Waals surface area contributed by atoms with E-state index in [9.17, 15) is 13.2 Å². The Morgan fingerprint density at radius 1 is 1.44 bits per heavy atom. The van der Waals surface area contributed by atoms with Gasteiger partial charge in [0, 0.05) is 5.56 Å². The van der Waals surface area contributed by atoms with Crippen LogP contribution in [0, 0.1) is 0 Å². The van der Waals surface area contributed by atoms with E-state index in [2.05, 4.69) is 5.16 Å². The van der Waals surface area contributed by atoms with E-state index in [-0.39, 0.29) is 5.75 Å². The zero-order chi connectivity index (χ0) is 12.3. The van der Waals surface area contributed by atoms with E-state index in [1.807, 2.05) is 0 Å². The van der Waals surface area contributed by atoms with Gasteiger partial charge in [0.25, 0.3) is 0 Å². The average molecular weight is 234 g/mol. The lowest BCUT2D eigenvalue weighted by atomic mass is 10.1. The number of halogens is 3.